The van der Waals surface area contributed by atoms with E-state index >= 15 is 0 Å². The van der Waals surface area contributed by atoms with Crippen LogP contribution in [0.15, 0.2) is 42.5 Å². The van der Waals surface area contributed by atoms with E-state index < -0.39 is 8.80 Å². The van der Waals surface area contributed by atoms with Crippen LogP contribution in [-0.4, -0.2) is 8.80 Å². The Hall–Kier alpha value is -0.149. The third-order valence-electron chi connectivity index (χ3n) is 10.6. The Morgan fingerprint density at radius 2 is 1.00 bits per heavy atom. The van der Waals surface area contributed by atoms with E-state index in [4.69, 9.17) is 0 Å². The third kappa shape index (κ3) is 14.4. The number of hydrogen-bond donors (Lipinski definition) is 0. The number of benzene rings is 1. The Balaban J connectivity index is 0. The van der Waals surface area contributed by atoms with E-state index in [9.17, 15) is 0 Å². The van der Waals surface area contributed by atoms with Gasteiger partial charge < -0.3 is 37.2 Å². The van der Waals surface area contributed by atoms with Gasteiger partial charge in [-0.15, -0.1) is 0 Å². The molecule has 0 heterocycles. The Kier molecular flexibility index (Phi) is 26.9. The maximum absolute atomic E-state index is 2.66. The second-order valence-electron chi connectivity index (χ2n) is 14.0. The van der Waals surface area contributed by atoms with Gasteiger partial charge in [-0.3, -0.25) is 0 Å². The zero-order valence-corrected chi connectivity index (χ0v) is 35.5. The van der Waals surface area contributed by atoms with Gasteiger partial charge in [-0.1, -0.05) is 196 Å². The monoisotopic (exact) mass is 738 g/mol. The van der Waals surface area contributed by atoms with Crippen molar-refractivity contribution in [3.63, 3.8) is 0 Å². The number of hydrogen-bond acceptors (Lipinski definition) is 0. The van der Waals surface area contributed by atoms with Gasteiger partial charge in [-0.2, -0.15) is 27.4 Å². The average Bonchev–Trinajstić information content (AvgIpc) is 3.15. The first kappa shape index (κ1) is 48.0. The van der Waals surface area contributed by atoms with E-state index in [1.165, 1.54) is 138 Å². The number of halogens is 3. The molecule has 0 aliphatic heterocycles. The van der Waals surface area contributed by atoms with Crippen molar-refractivity contribution in [1.82, 2.24) is 0 Å². The Morgan fingerprint density at radius 3 is 1.39 bits per heavy atom. The van der Waals surface area contributed by atoms with E-state index in [0.717, 1.165) is 0 Å². The molecule has 258 valence electrons. The largest absolute Gasteiger partial charge is 4.00 e. The van der Waals surface area contributed by atoms with Gasteiger partial charge in [0.15, 0.2) is 0 Å². The Labute approximate surface area is 320 Å². The van der Waals surface area contributed by atoms with Crippen molar-refractivity contribution in [1.29, 1.82) is 0 Å². The van der Waals surface area contributed by atoms with E-state index in [2.05, 4.69) is 91.0 Å². The molecule has 0 N–H and O–H groups in total. The van der Waals surface area contributed by atoms with Crippen molar-refractivity contribution < 1.29 is 58.9 Å². The van der Waals surface area contributed by atoms with Gasteiger partial charge in [0.25, 0.3) is 0 Å². The molecule has 2 aromatic carbocycles. The van der Waals surface area contributed by atoms with Crippen LogP contribution in [0.3, 0.4) is 0 Å². The van der Waals surface area contributed by atoms with Crippen molar-refractivity contribution in [3.05, 3.63) is 75.9 Å². The molecule has 0 spiro atoms. The summed E-state index contributed by atoms with van der Waals surface area (Å²) < 4.78 is 0. The predicted molar refractivity (Wildman–Crippen MR) is 193 cm³/mol. The van der Waals surface area contributed by atoms with Crippen molar-refractivity contribution in [2.75, 3.05) is 0 Å². The van der Waals surface area contributed by atoms with Gasteiger partial charge in [-0.05, 0) is 31.7 Å². The molecule has 5 heteroatoms. The van der Waals surface area contributed by atoms with E-state index in [1.807, 2.05) is 0 Å². The molecule has 2 unspecified atom stereocenters. The number of rotatable bonds is 20. The van der Waals surface area contributed by atoms with Crippen LogP contribution in [0.4, 0.5) is 0 Å². The van der Waals surface area contributed by atoms with Crippen LogP contribution in [0.5, 0.6) is 0 Å². The molecular weight excluding hydrogens is 675 g/mol. The van der Waals surface area contributed by atoms with E-state index in [-0.39, 0.29) is 64.0 Å². The summed E-state index contributed by atoms with van der Waals surface area (Å²) in [5.74, 6) is 0. The summed E-state index contributed by atoms with van der Waals surface area (Å²) >= 11 is 0. The summed E-state index contributed by atoms with van der Waals surface area (Å²) in [5, 5.41) is 3.68. The molecule has 0 amide bonds. The van der Waals surface area contributed by atoms with Gasteiger partial charge in [-0.25, -0.2) is 0 Å². The number of unbranched alkanes of at least 4 members (excludes halogenated alkanes) is 15. The molecule has 0 bridgehead atoms. The summed E-state index contributed by atoms with van der Waals surface area (Å²) in [7, 11) is -1.54. The first-order valence-electron chi connectivity index (χ1n) is 18.0. The van der Waals surface area contributed by atoms with Gasteiger partial charge >= 0.3 is 21.7 Å². The summed E-state index contributed by atoms with van der Waals surface area (Å²) in [6.45, 7) is 16.4. The second-order valence-corrected chi connectivity index (χ2v) is 17.3. The third-order valence-corrected chi connectivity index (χ3v) is 14.9. The van der Waals surface area contributed by atoms with Crippen LogP contribution >= 0.6 is 0 Å². The van der Waals surface area contributed by atoms with Gasteiger partial charge in [0.05, 0.1) is 8.80 Å². The summed E-state index contributed by atoms with van der Waals surface area (Å²) in [6, 6.07) is 7.44. The standard InChI is InChI=1S/C41H65Si.3ClH.Ti/c1-8-9-10-11-12-13-14-15-16-17-18-19-20-21-22-24-27-41(28-25-23-26-29-41)42(39-31-33(2)30-34(3)32-39)40-37(6)35(4)36(5)38(40)7;;;;/h23,25-26,28,30-32,42H,8-22,24,27,29H2,1-7H3;3*1H;/q-1;;;;+4/p-3. The predicted octanol–water partition coefficient (Wildman–Crippen LogP) is 2.51. The number of allylic oxidation sites excluding steroid dienone is 4. The van der Waals surface area contributed by atoms with E-state index in [0.29, 0.717) is 0 Å². The zero-order valence-electron chi connectivity index (χ0n) is 30.5. The maximum atomic E-state index is 2.66. The van der Waals surface area contributed by atoms with Crippen molar-refractivity contribution in [2.45, 2.75) is 169 Å². The van der Waals surface area contributed by atoms with Crippen LogP contribution in [0.1, 0.15) is 156 Å². The van der Waals surface area contributed by atoms with Crippen molar-refractivity contribution in [3.8, 4) is 0 Å². The molecule has 0 saturated heterocycles. The molecule has 1 aliphatic rings. The van der Waals surface area contributed by atoms with Crippen molar-refractivity contribution >= 4 is 19.2 Å². The molecule has 0 aromatic heterocycles. The molecule has 1 aliphatic carbocycles. The molecule has 46 heavy (non-hydrogen) atoms. The molecule has 2 atom stereocenters. The molecule has 0 fully saturated rings. The summed E-state index contributed by atoms with van der Waals surface area (Å²) in [4.78, 5) is 0. The fourth-order valence-electron chi connectivity index (χ4n) is 7.87. The van der Waals surface area contributed by atoms with Crippen LogP contribution in [0.25, 0.3) is 0 Å². The first-order valence-corrected chi connectivity index (χ1v) is 19.7. The van der Waals surface area contributed by atoms with Gasteiger partial charge in [0.1, 0.15) is 0 Å². The fraction of sp³-hybridized carbons (Fsp3) is 0.634. The molecule has 0 radical (unpaired) electrons. The number of aryl methyl sites for hydroxylation is 2. The molecule has 3 rings (SSSR count). The van der Waals surface area contributed by atoms with Crippen molar-refractivity contribution in [2.24, 2.45) is 0 Å². The van der Waals surface area contributed by atoms with Gasteiger partial charge in [0.2, 0.25) is 0 Å². The quantitative estimate of drug-likeness (QED) is 0.111. The summed E-state index contributed by atoms with van der Waals surface area (Å²) in [6.07, 6.45) is 35.3. The SMILES string of the molecule is CCCCCCCCCCCCCCCCCCC1([SiH](c2cc(C)cc(C)c2)[c-]2c(C)c(C)c(C)c2C)C=CC=CC1.[Cl-].[Cl-].[Cl-].[Ti+4]. The van der Waals surface area contributed by atoms with E-state index in [1.54, 1.807) is 21.5 Å². The second kappa shape index (κ2) is 25.8. The molecular formula is C41H65Cl3SiTi. The Bertz CT molecular complexity index is 1110. The summed E-state index contributed by atoms with van der Waals surface area (Å²) in [5.41, 5.74) is 9.05. The molecule has 0 saturated carbocycles. The normalized spacial score (nSPS) is 15.8. The van der Waals surface area contributed by atoms with Gasteiger partial charge in [0, 0.05) is 0 Å². The fourth-order valence-corrected chi connectivity index (χ4v) is 12.8. The Morgan fingerprint density at radius 1 is 0.587 bits per heavy atom. The smallest absolute Gasteiger partial charge is 1.00 e. The minimum absolute atomic E-state index is 0. The van der Waals surface area contributed by atoms with Crippen LogP contribution in [-0.2, 0) is 21.7 Å². The minimum atomic E-state index is -1.54. The maximum Gasteiger partial charge on any atom is 4.00 e. The zero-order chi connectivity index (χ0) is 30.4. The van der Waals surface area contributed by atoms with Crippen LogP contribution in [0, 0.1) is 41.5 Å². The minimum Gasteiger partial charge on any atom is -1.00 e. The topological polar surface area (TPSA) is 0 Å². The first-order chi connectivity index (χ1) is 20.3. The molecule has 2 aromatic rings. The molecule has 0 nitrogen and oxygen atoms in total. The van der Waals surface area contributed by atoms with Crippen LogP contribution in [0.2, 0.25) is 5.04 Å². The van der Waals surface area contributed by atoms with Crippen LogP contribution < -0.4 is 47.6 Å². The average molecular weight is 740 g/mol.